The first-order valence-corrected chi connectivity index (χ1v) is 8.94. The van der Waals surface area contributed by atoms with E-state index in [0.717, 1.165) is 23.9 Å². The van der Waals surface area contributed by atoms with Gasteiger partial charge in [-0.3, -0.25) is 4.79 Å². The van der Waals surface area contributed by atoms with Crippen molar-refractivity contribution >= 4 is 28.8 Å². The number of ether oxygens (including phenoxy) is 1. The fraction of sp³-hybridized carbons (Fsp3) is 0.353. The van der Waals surface area contributed by atoms with Gasteiger partial charge in [0.1, 0.15) is 5.75 Å². The van der Waals surface area contributed by atoms with Crippen LogP contribution in [0.2, 0.25) is 4.34 Å². The highest BCUT2D eigenvalue weighted by Gasteiger charge is 2.39. The summed E-state index contributed by atoms with van der Waals surface area (Å²) in [5, 5.41) is 7.33. The van der Waals surface area contributed by atoms with Crippen molar-refractivity contribution in [2.45, 2.75) is 24.9 Å². The number of fused-ring (bicyclic) bond motifs is 2. The summed E-state index contributed by atoms with van der Waals surface area (Å²) in [6.45, 7) is 1.09. The van der Waals surface area contributed by atoms with Crippen LogP contribution < -0.4 is 15.4 Å². The van der Waals surface area contributed by atoms with Gasteiger partial charge in [-0.1, -0.05) is 22.9 Å². The highest BCUT2D eigenvalue weighted by Crippen LogP contribution is 2.33. The van der Waals surface area contributed by atoms with Gasteiger partial charge in [-0.25, -0.2) is 0 Å². The monoisotopic (exact) mass is 348 g/mol. The van der Waals surface area contributed by atoms with E-state index in [1.165, 1.54) is 17.8 Å². The van der Waals surface area contributed by atoms with Crippen molar-refractivity contribution in [3.63, 3.8) is 0 Å². The standard InChI is InChI=1S/C17H17ClN2O2S/c18-15-5-6-16(23-15)22-12-3-1-11(2-4-12)17(21)20-14-8-10-7-13(14)19-9-10/h1-6,10,13-14,19H,7-9H2,(H,20,21). The van der Waals surface area contributed by atoms with Gasteiger partial charge in [0.25, 0.3) is 5.91 Å². The summed E-state index contributed by atoms with van der Waals surface area (Å²) in [5.41, 5.74) is 0.657. The number of carbonyl (C=O) groups excluding carboxylic acids is 1. The second-order valence-corrected chi connectivity index (χ2v) is 7.79. The molecule has 120 valence electrons. The van der Waals surface area contributed by atoms with Crippen LogP contribution in [0.25, 0.3) is 0 Å². The molecule has 6 heteroatoms. The van der Waals surface area contributed by atoms with E-state index in [9.17, 15) is 4.79 Å². The second kappa shape index (κ2) is 6.15. The van der Waals surface area contributed by atoms with Crippen LogP contribution in [-0.4, -0.2) is 24.5 Å². The molecule has 4 nitrogen and oxygen atoms in total. The molecule has 23 heavy (non-hydrogen) atoms. The normalized spacial score (nSPS) is 25.5. The minimum absolute atomic E-state index is 0.0185. The Morgan fingerprint density at radius 2 is 2.04 bits per heavy atom. The number of rotatable bonds is 4. The van der Waals surface area contributed by atoms with Crippen molar-refractivity contribution < 1.29 is 9.53 Å². The van der Waals surface area contributed by atoms with E-state index in [4.69, 9.17) is 16.3 Å². The molecule has 1 amide bonds. The van der Waals surface area contributed by atoms with Crippen LogP contribution in [0.5, 0.6) is 10.8 Å². The molecule has 2 heterocycles. The number of benzene rings is 1. The lowest BCUT2D eigenvalue weighted by Crippen LogP contribution is -2.47. The number of nitrogens with one attached hydrogen (secondary N) is 2. The molecule has 1 aromatic heterocycles. The van der Waals surface area contributed by atoms with E-state index >= 15 is 0 Å². The zero-order chi connectivity index (χ0) is 15.8. The van der Waals surface area contributed by atoms with Crippen LogP contribution in [0, 0.1) is 5.92 Å². The fourth-order valence-electron chi connectivity index (χ4n) is 3.41. The molecular weight excluding hydrogens is 332 g/mol. The van der Waals surface area contributed by atoms with Crippen LogP contribution in [0.15, 0.2) is 36.4 Å². The minimum atomic E-state index is -0.0185. The van der Waals surface area contributed by atoms with Crippen LogP contribution in [0.4, 0.5) is 0 Å². The first-order chi connectivity index (χ1) is 11.2. The first kappa shape index (κ1) is 15.0. The summed E-state index contributed by atoms with van der Waals surface area (Å²) in [7, 11) is 0. The van der Waals surface area contributed by atoms with Gasteiger partial charge in [0.15, 0.2) is 5.06 Å². The lowest BCUT2D eigenvalue weighted by molar-refractivity contribution is 0.0928. The van der Waals surface area contributed by atoms with E-state index in [-0.39, 0.29) is 11.9 Å². The van der Waals surface area contributed by atoms with E-state index in [2.05, 4.69) is 10.6 Å². The van der Waals surface area contributed by atoms with Crippen LogP contribution in [0.3, 0.4) is 0 Å². The third-order valence-electron chi connectivity index (χ3n) is 4.53. The summed E-state index contributed by atoms with van der Waals surface area (Å²) in [5.74, 6) is 1.40. The van der Waals surface area contributed by atoms with Crippen LogP contribution >= 0.6 is 22.9 Å². The third-order valence-corrected chi connectivity index (χ3v) is 5.64. The van der Waals surface area contributed by atoms with Crippen molar-refractivity contribution in [2.24, 2.45) is 5.92 Å². The van der Waals surface area contributed by atoms with Crippen molar-refractivity contribution in [1.82, 2.24) is 10.6 Å². The van der Waals surface area contributed by atoms with E-state index in [1.807, 2.05) is 18.2 Å². The van der Waals surface area contributed by atoms with Gasteiger partial charge in [0, 0.05) is 17.6 Å². The summed E-state index contributed by atoms with van der Waals surface area (Å²) in [4.78, 5) is 12.4. The Morgan fingerprint density at radius 1 is 1.22 bits per heavy atom. The zero-order valence-corrected chi connectivity index (χ0v) is 14.0. The van der Waals surface area contributed by atoms with Gasteiger partial charge in [0.2, 0.25) is 0 Å². The predicted molar refractivity (Wildman–Crippen MR) is 91.6 cm³/mol. The maximum atomic E-state index is 12.4. The molecule has 1 aliphatic carbocycles. The molecule has 2 N–H and O–H groups in total. The molecule has 1 saturated carbocycles. The Bertz CT molecular complexity index is 716. The topological polar surface area (TPSA) is 50.4 Å². The number of hydrogen-bond donors (Lipinski definition) is 2. The summed E-state index contributed by atoms with van der Waals surface area (Å²) >= 11 is 7.26. The van der Waals surface area contributed by atoms with Gasteiger partial charge < -0.3 is 15.4 Å². The van der Waals surface area contributed by atoms with Crippen LogP contribution in [-0.2, 0) is 0 Å². The van der Waals surface area contributed by atoms with E-state index in [0.29, 0.717) is 21.7 Å². The number of hydrogen-bond acceptors (Lipinski definition) is 4. The Labute approximate surface area is 143 Å². The quantitative estimate of drug-likeness (QED) is 0.886. The Hall–Kier alpha value is -1.56. The molecule has 1 saturated heterocycles. The summed E-state index contributed by atoms with van der Waals surface area (Å²) in [6.07, 6.45) is 2.27. The molecule has 3 unspecified atom stereocenters. The van der Waals surface area contributed by atoms with Crippen molar-refractivity contribution in [3.8, 4) is 10.8 Å². The fourth-order valence-corrected chi connectivity index (χ4v) is 4.30. The molecule has 4 rings (SSSR count). The largest absolute Gasteiger partial charge is 0.447 e. The molecule has 3 atom stereocenters. The zero-order valence-electron chi connectivity index (χ0n) is 12.4. The SMILES string of the molecule is O=C(NC1CC2CNC1C2)c1ccc(Oc2ccc(Cl)s2)cc1. The Balaban J connectivity index is 1.38. The first-order valence-electron chi connectivity index (χ1n) is 7.75. The average Bonchev–Trinajstić information content (AvgIpc) is 3.25. The van der Waals surface area contributed by atoms with Crippen molar-refractivity contribution in [3.05, 3.63) is 46.3 Å². The van der Waals surface area contributed by atoms with E-state index in [1.54, 1.807) is 18.2 Å². The van der Waals surface area contributed by atoms with Crippen molar-refractivity contribution in [2.75, 3.05) is 6.54 Å². The Kier molecular flexibility index (Phi) is 4.01. The molecule has 2 aromatic rings. The molecular formula is C17H17ClN2O2S. The van der Waals surface area contributed by atoms with Gasteiger partial charge in [-0.15, -0.1) is 0 Å². The number of halogens is 1. The third kappa shape index (κ3) is 3.22. The lowest BCUT2D eigenvalue weighted by Gasteiger charge is -2.24. The maximum absolute atomic E-state index is 12.4. The molecule has 2 bridgehead atoms. The predicted octanol–water partition coefficient (Wildman–Crippen LogP) is 3.67. The Morgan fingerprint density at radius 3 is 2.65 bits per heavy atom. The summed E-state index contributed by atoms with van der Waals surface area (Å²) in [6, 6.07) is 11.5. The number of piperidine rings is 1. The number of thiophene rings is 1. The van der Waals surface area contributed by atoms with Gasteiger partial charge in [0.05, 0.1) is 4.34 Å². The second-order valence-electron chi connectivity index (χ2n) is 6.12. The average molecular weight is 349 g/mol. The van der Waals surface area contributed by atoms with Gasteiger partial charge in [-0.05, 0) is 61.7 Å². The molecule has 0 radical (unpaired) electrons. The highest BCUT2D eigenvalue weighted by molar-refractivity contribution is 7.17. The number of carbonyl (C=O) groups is 1. The van der Waals surface area contributed by atoms with E-state index < -0.39 is 0 Å². The molecule has 1 aromatic carbocycles. The summed E-state index contributed by atoms with van der Waals surface area (Å²) < 4.78 is 6.39. The minimum Gasteiger partial charge on any atom is -0.447 e. The molecule has 1 aliphatic heterocycles. The van der Waals surface area contributed by atoms with Gasteiger partial charge in [-0.2, -0.15) is 0 Å². The lowest BCUT2D eigenvalue weighted by atomic mass is 10.1. The number of amides is 1. The molecule has 0 spiro atoms. The van der Waals surface area contributed by atoms with Crippen molar-refractivity contribution in [1.29, 1.82) is 0 Å². The maximum Gasteiger partial charge on any atom is 0.251 e. The molecule has 2 fully saturated rings. The van der Waals surface area contributed by atoms with Crippen LogP contribution in [0.1, 0.15) is 23.2 Å². The molecule has 2 aliphatic rings. The smallest absolute Gasteiger partial charge is 0.251 e. The van der Waals surface area contributed by atoms with Gasteiger partial charge >= 0.3 is 0 Å². The highest BCUT2D eigenvalue weighted by atomic mass is 35.5.